The molecule has 7 rings (SSSR count). The Kier molecular flexibility index (Phi) is 5.49. The predicted octanol–water partition coefficient (Wildman–Crippen LogP) is 9.56. The van der Waals surface area contributed by atoms with Crippen LogP contribution in [0, 0.1) is 0 Å². The largest absolute Gasteiger partial charge is 0.317 e. The number of fused-ring (bicyclic) bond motifs is 7. The van der Waals surface area contributed by atoms with Gasteiger partial charge >= 0.3 is 0 Å². The summed E-state index contributed by atoms with van der Waals surface area (Å²) in [4.78, 5) is 4.61. The average molecular weight is 502 g/mol. The van der Waals surface area contributed by atoms with Crippen LogP contribution in [0.3, 0.4) is 0 Å². The van der Waals surface area contributed by atoms with Gasteiger partial charge < -0.3 is 9.13 Å². The summed E-state index contributed by atoms with van der Waals surface area (Å²) in [5, 5.41) is 6.19. The molecule has 0 aliphatic carbocycles. The van der Waals surface area contributed by atoms with Crippen molar-refractivity contribution in [1.82, 2.24) is 14.1 Å². The molecule has 3 nitrogen and oxygen atoms in total. The van der Waals surface area contributed by atoms with E-state index < -0.39 is 0 Å². The third-order valence-corrected chi connectivity index (χ3v) is 7.45. The van der Waals surface area contributed by atoms with Crippen LogP contribution in [0.25, 0.3) is 66.1 Å². The maximum absolute atomic E-state index is 4.61. The van der Waals surface area contributed by atoms with Gasteiger partial charge in [-0.15, -0.1) is 0 Å². The van der Waals surface area contributed by atoms with Crippen molar-refractivity contribution in [2.45, 2.75) is 6.92 Å². The molecule has 0 radical (unpaired) electrons. The molecular weight excluding hydrogens is 474 g/mol. The van der Waals surface area contributed by atoms with Gasteiger partial charge in [0.1, 0.15) is 0 Å². The molecule has 0 spiro atoms. The Morgan fingerprint density at radius 3 is 2.51 bits per heavy atom. The topological polar surface area (TPSA) is 22.8 Å². The van der Waals surface area contributed by atoms with Crippen LogP contribution in [0.5, 0.6) is 0 Å². The molecule has 0 saturated carbocycles. The van der Waals surface area contributed by atoms with E-state index in [9.17, 15) is 0 Å². The highest BCUT2D eigenvalue weighted by Gasteiger charge is 2.18. The molecule has 3 aromatic heterocycles. The van der Waals surface area contributed by atoms with Gasteiger partial charge in [-0.05, 0) is 66.9 Å². The Hall–Kier alpha value is -5.15. The molecule has 0 amide bonds. The molecule has 0 fully saturated rings. The number of benzene rings is 4. The quantitative estimate of drug-likeness (QED) is 0.215. The second kappa shape index (κ2) is 9.30. The fourth-order valence-corrected chi connectivity index (χ4v) is 5.83. The van der Waals surface area contributed by atoms with E-state index in [0.717, 1.165) is 22.6 Å². The highest BCUT2D eigenvalue weighted by atomic mass is 15.0. The van der Waals surface area contributed by atoms with E-state index in [2.05, 4.69) is 124 Å². The van der Waals surface area contributed by atoms with Gasteiger partial charge in [0.25, 0.3) is 0 Å². The summed E-state index contributed by atoms with van der Waals surface area (Å²) in [6.07, 6.45) is 12.1. The first-order chi connectivity index (χ1) is 19.3. The van der Waals surface area contributed by atoms with Gasteiger partial charge in [0.05, 0.1) is 22.2 Å². The molecule has 39 heavy (non-hydrogen) atoms. The van der Waals surface area contributed by atoms with Crippen LogP contribution >= 0.6 is 0 Å². The molecule has 3 heteroatoms. The predicted molar refractivity (Wildman–Crippen MR) is 166 cm³/mol. The van der Waals surface area contributed by atoms with Crippen molar-refractivity contribution in [3.63, 3.8) is 0 Å². The standard InChI is InChI=1S/C36H27N3/c1-3-10-27(11-4-2)38-23-21-31-33(38)20-18-25-17-19-30-29-14-5-6-16-34(29)39(36(30)35(25)31)28-13-9-12-26(24-28)32-15-7-8-22-37-32/h3-24H,1H2,2H3/b11-4-,27-10+. The van der Waals surface area contributed by atoms with E-state index in [1.807, 2.05) is 37.4 Å². The number of rotatable bonds is 5. The van der Waals surface area contributed by atoms with Crippen LogP contribution in [0.1, 0.15) is 6.92 Å². The summed E-state index contributed by atoms with van der Waals surface area (Å²) < 4.78 is 4.66. The first kappa shape index (κ1) is 23.0. The van der Waals surface area contributed by atoms with Gasteiger partial charge in [-0.1, -0.05) is 73.3 Å². The van der Waals surface area contributed by atoms with Gasteiger partial charge in [-0.2, -0.15) is 0 Å². The molecule has 4 aromatic carbocycles. The van der Waals surface area contributed by atoms with Crippen molar-refractivity contribution >= 4 is 49.2 Å². The zero-order chi connectivity index (χ0) is 26.3. The highest BCUT2D eigenvalue weighted by molar-refractivity contribution is 6.25. The summed E-state index contributed by atoms with van der Waals surface area (Å²) in [6, 6.07) is 34.7. The molecule has 0 aliphatic heterocycles. The number of para-hydroxylation sites is 1. The van der Waals surface area contributed by atoms with Crippen LogP contribution in [0.2, 0.25) is 0 Å². The summed E-state index contributed by atoms with van der Waals surface area (Å²) >= 11 is 0. The third kappa shape index (κ3) is 3.63. The van der Waals surface area contributed by atoms with Crippen molar-refractivity contribution in [3.05, 3.63) is 140 Å². The molecule has 0 unspecified atom stereocenters. The van der Waals surface area contributed by atoms with Crippen molar-refractivity contribution in [2.24, 2.45) is 0 Å². The fourth-order valence-electron chi connectivity index (χ4n) is 5.83. The Labute approximate surface area is 227 Å². The minimum absolute atomic E-state index is 0.968. The zero-order valence-corrected chi connectivity index (χ0v) is 21.8. The Balaban J connectivity index is 1.61. The smallest absolute Gasteiger partial charge is 0.0702 e. The van der Waals surface area contributed by atoms with Crippen molar-refractivity contribution < 1.29 is 0 Å². The third-order valence-electron chi connectivity index (χ3n) is 7.45. The first-order valence-corrected chi connectivity index (χ1v) is 13.2. The van der Waals surface area contributed by atoms with Crippen LogP contribution in [-0.2, 0) is 0 Å². The number of allylic oxidation sites excluding steroid dienone is 5. The van der Waals surface area contributed by atoms with Gasteiger partial charge in [-0.3, -0.25) is 4.98 Å². The number of nitrogens with zero attached hydrogens (tertiary/aromatic N) is 3. The Morgan fingerprint density at radius 2 is 1.67 bits per heavy atom. The second-order valence-electron chi connectivity index (χ2n) is 9.69. The van der Waals surface area contributed by atoms with Gasteiger partial charge in [0, 0.05) is 50.9 Å². The first-order valence-electron chi connectivity index (χ1n) is 13.2. The molecule has 186 valence electrons. The monoisotopic (exact) mass is 501 g/mol. The molecule has 0 saturated heterocycles. The Morgan fingerprint density at radius 1 is 0.795 bits per heavy atom. The maximum atomic E-state index is 4.61. The van der Waals surface area contributed by atoms with Gasteiger partial charge in [-0.25, -0.2) is 0 Å². The maximum Gasteiger partial charge on any atom is 0.0702 e. The lowest BCUT2D eigenvalue weighted by molar-refractivity contribution is 1.18. The molecule has 0 aliphatic rings. The molecular formula is C36H27N3. The molecule has 7 aromatic rings. The summed E-state index contributed by atoms with van der Waals surface area (Å²) in [5.74, 6) is 0. The minimum Gasteiger partial charge on any atom is -0.317 e. The van der Waals surface area contributed by atoms with E-state index in [1.165, 1.54) is 43.5 Å². The number of aromatic nitrogens is 3. The van der Waals surface area contributed by atoms with E-state index in [1.54, 1.807) is 0 Å². The molecule has 0 atom stereocenters. The number of hydrogen-bond donors (Lipinski definition) is 0. The average Bonchev–Trinajstić information content (AvgIpc) is 3.57. The molecule has 3 heterocycles. The van der Waals surface area contributed by atoms with Crippen molar-refractivity contribution in [1.29, 1.82) is 0 Å². The zero-order valence-electron chi connectivity index (χ0n) is 21.8. The lowest BCUT2D eigenvalue weighted by Crippen LogP contribution is -1.96. The van der Waals surface area contributed by atoms with Crippen LogP contribution in [-0.4, -0.2) is 14.1 Å². The fraction of sp³-hybridized carbons (Fsp3) is 0.0278. The normalized spacial score (nSPS) is 12.4. The molecule has 0 bridgehead atoms. The number of hydrogen-bond acceptors (Lipinski definition) is 1. The van der Waals surface area contributed by atoms with Gasteiger partial charge in [0.2, 0.25) is 0 Å². The van der Waals surface area contributed by atoms with E-state index in [0.29, 0.717) is 0 Å². The molecule has 0 N–H and O–H groups in total. The van der Waals surface area contributed by atoms with E-state index in [4.69, 9.17) is 0 Å². The number of pyridine rings is 1. The van der Waals surface area contributed by atoms with Crippen LogP contribution in [0.15, 0.2) is 140 Å². The minimum atomic E-state index is 0.968. The lowest BCUT2D eigenvalue weighted by Gasteiger charge is -2.13. The van der Waals surface area contributed by atoms with Crippen LogP contribution < -0.4 is 0 Å². The van der Waals surface area contributed by atoms with E-state index >= 15 is 0 Å². The van der Waals surface area contributed by atoms with Crippen LogP contribution in [0.4, 0.5) is 0 Å². The highest BCUT2D eigenvalue weighted by Crippen LogP contribution is 2.40. The van der Waals surface area contributed by atoms with E-state index in [-0.39, 0.29) is 0 Å². The second-order valence-corrected chi connectivity index (χ2v) is 9.69. The lowest BCUT2D eigenvalue weighted by atomic mass is 10.0. The summed E-state index contributed by atoms with van der Waals surface area (Å²) in [7, 11) is 0. The summed E-state index contributed by atoms with van der Waals surface area (Å²) in [5.41, 5.74) is 7.84. The Bertz CT molecular complexity index is 2090. The SMILES string of the molecule is C=C/C=C(\C=C/C)n1ccc2c3c(ccc4c5ccccc5n(-c5cccc(-c6ccccn6)c5)c43)ccc21. The summed E-state index contributed by atoms with van der Waals surface area (Å²) in [6.45, 7) is 5.97. The van der Waals surface area contributed by atoms with Crippen molar-refractivity contribution in [2.75, 3.05) is 0 Å². The van der Waals surface area contributed by atoms with Crippen molar-refractivity contribution in [3.8, 4) is 16.9 Å². The van der Waals surface area contributed by atoms with Gasteiger partial charge in [0.15, 0.2) is 0 Å².